The fourth-order valence-corrected chi connectivity index (χ4v) is 7.03. The van der Waals surface area contributed by atoms with Crippen molar-refractivity contribution in [1.29, 1.82) is 0 Å². The third-order valence-electron chi connectivity index (χ3n) is 8.09. The summed E-state index contributed by atoms with van der Waals surface area (Å²) in [6.45, 7) is 4.08. The van der Waals surface area contributed by atoms with Gasteiger partial charge in [0.05, 0.1) is 12.2 Å². The monoisotopic (exact) mass is 410 g/mol. The number of hydrogen-bond acceptors (Lipinski definition) is 4. The van der Waals surface area contributed by atoms with E-state index in [1.165, 1.54) is 19.3 Å². The number of benzene rings is 1. The average Bonchev–Trinajstić information content (AvgIpc) is 2.74. The molecule has 0 spiro atoms. The second-order valence-electron chi connectivity index (χ2n) is 10.2. The quantitative estimate of drug-likeness (QED) is 0.741. The molecule has 5 aliphatic rings. The number of esters is 1. The van der Waals surface area contributed by atoms with E-state index >= 15 is 0 Å². The van der Waals surface area contributed by atoms with Gasteiger partial charge in [-0.15, -0.1) is 0 Å². The first-order valence-electron chi connectivity index (χ1n) is 11.9. The Morgan fingerprint density at radius 2 is 1.57 bits per heavy atom. The van der Waals surface area contributed by atoms with Gasteiger partial charge < -0.3 is 15.0 Å². The van der Waals surface area contributed by atoms with Gasteiger partial charge in [0.15, 0.2) is 0 Å². The molecule has 6 rings (SSSR count). The maximum atomic E-state index is 13.3. The van der Waals surface area contributed by atoms with Gasteiger partial charge in [0, 0.05) is 30.2 Å². The molecule has 1 aromatic rings. The van der Waals surface area contributed by atoms with E-state index in [-0.39, 0.29) is 11.4 Å². The fourth-order valence-electron chi connectivity index (χ4n) is 7.03. The maximum Gasteiger partial charge on any atom is 0.338 e. The van der Waals surface area contributed by atoms with Gasteiger partial charge in [-0.2, -0.15) is 0 Å². The number of carbonyl (C=O) groups excluding carboxylic acids is 2. The molecule has 1 aliphatic heterocycles. The highest BCUT2D eigenvalue weighted by molar-refractivity contribution is 5.89. The molecule has 0 unspecified atom stereocenters. The van der Waals surface area contributed by atoms with Crippen molar-refractivity contribution < 1.29 is 14.3 Å². The Morgan fingerprint density at radius 3 is 2.10 bits per heavy atom. The van der Waals surface area contributed by atoms with Crippen LogP contribution in [0.15, 0.2) is 24.3 Å². The molecule has 30 heavy (non-hydrogen) atoms. The van der Waals surface area contributed by atoms with Crippen molar-refractivity contribution in [3.63, 3.8) is 0 Å². The average molecular weight is 411 g/mol. The van der Waals surface area contributed by atoms with E-state index in [2.05, 4.69) is 10.2 Å². The van der Waals surface area contributed by atoms with E-state index in [9.17, 15) is 9.59 Å². The van der Waals surface area contributed by atoms with Gasteiger partial charge in [-0.25, -0.2) is 4.79 Å². The number of amides is 1. The van der Waals surface area contributed by atoms with Gasteiger partial charge in [0.25, 0.3) is 0 Å². The van der Waals surface area contributed by atoms with Gasteiger partial charge in [0.1, 0.15) is 0 Å². The summed E-state index contributed by atoms with van der Waals surface area (Å²) in [7, 11) is 0. The molecule has 4 saturated carbocycles. The number of rotatable bonds is 5. The second-order valence-corrected chi connectivity index (χ2v) is 10.2. The summed E-state index contributed by atoms with van der Waals surface area (Å²) < 4.78 is 5.06. The van der Waals surface area contributed by atoms with Crippen LogP contribution in [0, 0.1) is 23.2 Å². The highest BCUT2D eigenvalue weighted by Gasteiger charge is 2.54. The van der Waals surface area contributed by atoms with Gasteiger partial charge >= 0.3 is 5.97 Å². The zero-order chi connectivity index (χ0) is 20.7. The van der Waals surface area contributed by atoms with Crippen LogP contribution in [0.3, 0.4) is 0 Å². The van der Waals surface area contributed by atoms with E-state index in [4.69, 9.17) is 4.74 Å². The predicted molar refractivity (Wildman–Crippen MR) is 116 cm³/mol. The van der Waals surface area contributed by atoms with Crippen LogP contribution >= 0.6 is 0 Å². The molecule has 5 heteroatoms. The molecule has 1 amide bonds. The Bertz CT molecular complexity index is 760. The third-order valence-corrected chi connectivity index (χ3v) is 8.09. The smallest absolute Gasteiger partial charge is 0.338 e. The van der Waals surface area contributed by atoms with E-state index in [1.54, 1.807) is 0 Å². The summed E-state index contributed by atoms with van der Waals surface area (Å²) in [4.78, 5) is 27.5. The summed E-state index contributed by atoms with van der Waals surface area (Å²) in [6.07, 6.45) is 9.50. The van der Waals surface area contributed by atoms with Crippen LogP contribution in [-0.2, 0) is 9.53 Å². The minimum Gasteiger partial charge on any atom is -0.462 e. The summed E-state index contributed by atoms with van der Waals surface area (Å²) in [5, 5.41) is 3.46. The predicted octanol–water partition coefficient (Wildman–Crippen LogP) is 4.16. The topological polar surface area (TPSA) is 58.6 Å². The lowest BCUT2D eigenvalue weighted by Crippen LogP contribution is -2.56. The Balaban J connectivity index is 1.15. The molecule has 1 aromatic carbocycles. The van der Waals surface area contributed by atoms with Crippen LogP contribution in [0.25, 0.3) is 0 Å². The lowest BCUT2D eigenvalue weighted by atomic mass is 9.49. The van der Waals surface area contributed by atoms with E-state index < -0.39 is 0 Å². The lowest BCUT2D eigenvalue weighted by Gasteiger charge is -2.56. The first-order chi connectivity index (χ1) is 14.5. The van der Waals surface area contributed by atoms with Crippen LogP contribution in [0.2, 0.25) is 0 Å². The normalized spacial score (nSPS) is 32.8. The number of ether oxygens (including phenoxy) is 1. The van der Waals surface area contributed by atoms with Crippen molar-refractivity contribution in [3.8, 4) is 0 Å². The third kappa shape index (κ3) is 3.72. The second kappa shape index (κ2) is 7.90. The lowest BCUT2D eigenvalue weighted by molar-refractivity contribution is -0.147. The van der Waals surface area contributed by atoms with Gasteiger partial charge in [0.2, 0.25) is 5.91 Å². The molecule has 162 valence electrons. The molecule has 0 radical (unpaired) electrons. The molecule has 1 saturated heterocycles. The Morgan fingerprint density at radius 1 is 1.00 bits per heavy atom. The molecule has 4 bridgehead atoms. The van der Waals surface area contributed by atoms with E-state index in [0.29, 0.717) is 24.1 Å². The molecule has 5 fully saturated rings. The zero-order valence-corrected chi connectivity index (χ0v) is 18.1. The fraction of sp³-hybridized carbons (Fsp3) is 0.680. The summed E-state index contributed by atoms with van der Waals surface area (Å²) >= 11 is 0. The highest BCUT2D eigenvalue weighted by Crippen LogP contribution is 2.60. The molecule has 1 heterocycles. The van der Waals surface area contributed by atoms with Crippen molar-refractivity contribution in [3.05, 3.63) is 29.8 Å². The first-order valence-corrected chi connectivity index (χ1v) is 11.9. The van der Waals surface area contributed by atoms with Crippen molar-refractivity contribution in [2.24, 2.45) is 23.2 Å². The van der Waals surface area contributed by atoms with E-state index in [0.717, 1.165) is 68.6 Å². The Kier molecular flexibility index (Phi) is 5.24. The Labute approximate surface area is 179 Å². The van der Waals surface area contributed by atoms with Crippen molar-refractivity contribution in [2.45, 2.75) is 64.3 Å². The SMILES string of the molecule is CCOC(=O)c1ccc(N2CCC(NC(=O)C34CC5CC(CC(C5)C3)C4)CC2)cc1. The maximum absolute atomic E-state index is 13.3. The number of piperidine rings is 1. The van der Waals surface area contributed by atoms with Crippen LogP contribution in [0.4, 0.5) is 5.69 Å². The van der Waals surface area contributed by atoms with Crippen LogP contribution in [0.5, 0.6) is 0 Å². The van der Waals surface area contributed by atoms with Crippen molar-refractivity contribution in [1.82, 2.24) is 5.32 Å². The van der Waals surface area contributed by atoms with Crippen LogP contribution in [-0.4, -0.2) is 37.6 Å². The Hall–Kier alpha value is -2.04. The minimum absolute atomic E-state index is 0.0468. The molecule has 4 aliphatic carbocycles. The number of hydrogen-bond donors (Lipinski definition) is 1. The molecule has 0 aromatic heterocycles. The van der Waals surface area contributed by atoms with Gasteiger partial charge in [-0.3, -0.25) is 4.79 Å². The van der Waals surface area contributed by atoms with Gasteiger partial charge in [-0.05, 0) is 100 Å². The van der Waals surface area contributed by atoms with Crippen LogP contribution < -0.4 is 10.2 Å². The molecule has 5 nitrogen and oxygen atoms in total. The van der Waals surface area contributed by atoms with Crippen molar-refractivity contribution >= 4 is 17.6 Å². The van der Waals surface area contributed by atoms with Crippen molar-refractivity contribution in [2.75, 3.05) is 24.6 Å². The largest absolute Gasteiger partial charge is 0.462 e. The summed E-state index contributed by atoms with van der Waals surface area (Å²) in [5.41, 5.74) is 1.68. The molecular formula is C25H34N2O3. The number of nitrogens with zero attached hydrogens (tertiary/aromatic N) is 1. The zero-order valence-electron chi connectivity index (χ0n) is 18.1. The molecular weight excluding hydrogens is 376 g/mol. The van der Waals surface area contributed by atoms with Gasteiger partial charge in [-0.1, -0.05) is 0 Å². The first kappa shape index (κ1) is 19.9. The molecule has 1 N–H and O–H groups in total. The number of nitrogens with one attached hydrogen (secondary N) is 1. The standard InChI is InChI=1S/C25H34N2O3/c1-2-30-23(28)20-3-5-22(6-4-20)27-9-7-21(8-10-27)26-24(29)25-14-17-11-18(15-25)13-19(12-17)16-25/h3-6,17-19,21H,2,7-16H2,1H3,(H,26,29). The highest BCUT2D eigenvalue weighted by atomic mass is 16.5. The van der Waals surface area contributed by atoms with Crippen LogP contribution in [0.1, 0.15) is 68.6 Å². The number of carbonyl (C=O) groups is 2. The summed E-state index contributed by atoms with van der Waals surface area (Å²) in [5.74, 6) is 2.51. The molecule has 0 atom stereocenters. The minimum atomic E-state index is -0.268. The summed E-state index contributed by atoms with van der Waals surface area (Å²) in [6, 6.07) is 7.98. The number of anilines is 1. The van der Waals surface area contributed by atoms with E-state index in [1.807, 2.05) is 31.2 Å².